The third-order valence-electron chi connectivity index (χ3n) is 1.56. The Labute approximate surface area is 78.9 Å². The Morgan fingerprint density at radius 3 is 1.50 bits per heavy atom. The zero-order valence-electron chi connectivity index (χ0n) is 7.10. The summed E-state index contributed by atoms with van der Waals surface area (Å²) in [5.74, 6) is -9.30. The Hall–Kier alpha value is -0.700. The molecule has 0 saturated heterocycles. The molecule has 0 fully saturated rings. The van der Waals surface area contributed by atoms with E-state index in [4.69, 9.17) is 0 Å². The molecule has 0 aliphatic rings. The monoisotopic (exact) mass is 228 g/mol. The molecule has 1 aromatic rings. The fourth-order valence-corrected chi connectivity index (χ4v) is 1.82. The van der Waals surface area contributed by atoms with Crippen molar-refractivity contribution in [1.29, 1.82) is 0 Å². The average molecular weight is 228 g/mol. The summed E-state index contributed by atoms with van der Waals surface area (Å²) < 4.78 is 63.4. The second-order valence-corrected chi connectivity index (χ2v) is 4.04. The molecule has 0 aliphatic carbocycles. The highest BCUT2D eigenvalue weighted by atomic mass is 31.1. The van der Waals surface area contributed by atoms with E-state index in [9.17, 15) is 22.0 Å². The third-order valence-corrected chi connectivity index (χ3v) is 2.71. The summed E-state index contributed by atoms with van der Waals surface area (Å²) in [6.07, 6.45) is 0.332. The molecule has 1 unspecified atom stereocenters. The molecule has 0 saturated carbocycles. The van der Waals surface area contributed by atoms with Crippen molar-refractivity contribution < 1.29 is 22.0 Å². The first kappa shape index (κ1) is 11.4. The zero-order valence-corrected chi connectivity index (χ0v) is 8.10. The van der Waals surface area contributed by atoms with Crippen molar-refractivity contribution in [2.45, 2.75) is 6.92 Å². The van der Waals surface area contributed by atoms with Gasteiger partial charge in [0, 0.05) is 0 Å². The lowest BCUT2D eigenvalue weighted by Crippen LogP contribution is -2.16. The largest absolute Gasteiger partial charge is 0.203 e. The van der Waals surface area contributed by atoms with Crippen molar-refractivity contribution in [3.8, 4) is 0 Å². The van der Waals surface area contributed by atoms with E-state index >= 15 is 0 Å². The molecule has 0 spiro atoms. The second-order valence-electron chi connectivity index (χ2n) is 2.48. The second kappa shape index (κ2) is 4.22. The molecule has 0 N–H and O–H groups in total. The van der Waals surface area contributed by atoms with E-state index in [1.165, 1.54) is 0 Å². The number of halogens is 5. The predicted octanol–water partition coefficient (Wildman–Crippen LogP) is 2.71. The molecular formula is C8H6F5P. The topological polar surface area (TPSA) is 0 Å². The zero-order chi connectivity index (χ0) is 10.9. The molecule has 6 heteroatoms. The van der Waals surface area contributed by atoms with Crippen LogP contribution in [0.3, 0.4) is 0 Å². The minimum absolute atomic E-state index is 0.332. The quantitative estimate of drug-likeness (QED) is 0.316. The van der Waals surface area contributed by atoms with E-state index in [-0.39, 0.29) is 0 Å². The molecule has 0 nitrogen and oxygen atoms in total. The summed E-state index contributed by atoms with van der Waals surface area (Å²) in [6, 6.07) is 0. The Morgan fingerprint density at radius 1 is 0.786 bits per heavy atom. The van der Waals surface area contributed by atoms with Gasteiger partial charge in [-0.3, -0.25) is 0 Å². The molecule has 0 amide bonds. The molecule has 1 atom stereocenters. The Kier molecular flexibility index (Phi) is 3.43. The minimum atomic E-state index is -2.11. The van der Waals surface area contributed by atoms with E-state index in [1.807, 2.05) is 0 Å². The van der Waals surface area contributed by atoms with E-state index in [0.717, 1.165) is 0 Å². The van der Waals surface area contributed by atoms with Crippen LogP contribution in [0.1, 0.15) is 6.92 Å². The summed E-state index contributed by atoms with van der Waals surface area (Å²) in [6.45, 7) is 1.59. The fraction of sp³-hybridized carbons (Fsp3) is 0.250. The number of rotatable bonds is 2. The van der Waals surface area contributed by atoms with Crippen LogP contribution in [0.5, 0.6) is 0 Å². The molecule has 1 aromatic carbocycles. The van der Waals surface area contributed by atoms with Gasteiger partial charge >= 0.3 is 0 Å². The van der Waals surface area contributed by atoms with Crippen LogP contribution in [0.15, 0.2) is 0 Å². The molecule has 0 bridgehead atoms. The van der Waals surface area contributed by atoms with Crippen LogP contribution in [0.4, 0.5) is 22.0 Å². The van der Waals surface area contributed by atoms with Crippen LogP contribution in [-0.4, -0.2) is 6.16 Å². The van der Waals surface area contributed by atoms with Gasteiger partial charge in [0.15, 0.2) is 23.3 Å². The maximum absolute atomic E-state index is 12.9. The summed E-state index contributed by atoms with van der Waals surface area (Å²) in [5, 5.41) is -0.719. The molecule has 14 heavy (non-hydrogen) atoms. The van der Waals surface area contributed by atoms with Gasteiger partial charge < -0.3 is 0 Å². The summed E-state index contributed by atoms with van der Waals surface area (Å²) in [5.41, 5.74) is 0. The lowest BCUT2D eigenvalue weighted by atomic mass is 10.3. The van der Waals surface area contributed by atoms with Crippen molar-refractivity contribution in [1.82, 2.24) is 0 Å². The van der Waals surface area contributed by atoms with Crippen molar-refractivity contribution in [3.63, 3.8) is 0 Å². The van der Waals surface area contributed by atoms with Gasteiger partial charge in [0.25, 0.3) is 0 Å². The van der Waals surface area contributed by atoms with Gasteiger partial charge in [-0.25, -0.2) is 22.0 Å². The van der Waals surface area contributed by atoms with Crippen LogP contribution in [0.25, 0.3) is 0 Å². The van der Waals surface area contributed by atoms with Crippen molar-refractivity contribution >= 4 is 13.9 Å². The Bertz CT molecular complexity index is 334. The average Bonchev–Trinajstić information content (AvgIpc) is 2.19. The molecule has 78 valence electrons. The molecule has 1 rings (SSSR count). The van der Waals surface area contributed by atoms with Gasteiger partial charge in [-0.2, -0.15) is 0 Å². The predicted molar refractivity (Wildman–Crippen MR) is 44.7 cm³/mol. The van der Waals surface area contributed by atoms with Crippen LogP contribution in [0.2, 0.25) is 0 Å². The lowest BCUT2D eigenvalue weighted by Gasteiger charge is -2.06. The van der Waals surface area contributed by atoms with Crippen molar-refractivity contribution in [3.05, 3.63) is 29.1 Å². The number of hydrogen-bond donors (Lipinski definition) is 0. The molecule has 0 aliphatic heterocycles. The maximum Gasteiger partial charge on any atom is 0.200 e. The SMILES string of the molecule is CCPc1c(F)c(F)c(F)c(F)c1F. The normalized spacial score (nSPS) is 11.6. The van der Waals surface area contributed by atoms with Crippen LogP contribution in [0, 0.1) is 29.1 Å². The molecule has 0 radical (unpaired) electrons. The van der Waals surface area contributed by atoms with Gasteiger partial charge in [-0.05, 0) is 6.16 Å². The summed E-state index contributed by atoms with van der Waals surface area (Å²) in [4.78, 5) is 0. The van der Waals surface area contributed by atoms with Crippen LogP contribution in [-0.2, 0) is 0 Å². The lowest BCUT2D eigenvalue weighted by molar-refractivity contribution is 0.384. The highest BCUT2D eigenvalue weighted by Gasteiger charge is 2.24. The standard InChI is InChI=1S/C8H6F5P/c1-2-14-8-6(12)4(10)3(9)5(11)7(8)13/h14H,2H2,1H3. The third kappa shape index (κ3) is 1.73. The summed E-state index contributed by atoms with van der Waals surface area (Å²) in [7, 11) is -0.423. The molecule has 0 aromatic heterocycles. The van der Waals surface area contributed by atoms with Gasteiger partial charge in [0.05, 0.1) is 5.30 Å². The first-order valence-corrected chi connectivity index (χ1v) is 4.96. The molecule has 0 heterocycles. The highest BCUT2D eigenvalue weighted by Crippen LogP contribution is 2.22. The number of benzene rings is 1. The van der Waals surface area contributed by atoms with Crippen molar-refractivity contribution in [2.75, 3.05) is 6.16 Å². The summed E-state index contributed by atoms with van der Waals surface area (Å²) >= 11 is 0. The number of hydrogen-bond acceptors (Lipinski definition) is 0. The van der Waals surface area contributed by atoms with Gasteiger partial charge in [0.2, 0.25) is 5.82 Å². The van der Waals surface area contributed by atoms with Crippen LogP contribution >= 0.6 is 8.58 Å². The van der Waals surface area contributed by atoms with E-state index in [2.05, 4.69) is 0 Å². The van der Waals surface area contributed by atoms with Gasteiger partial charge in [0.1, 0.15) is 0 Å². The van der Waals surface area contributed by atoms with E-state index < -0.39 is 43.0 Å². The van der Waals surface area contributed by atoms with Gasteiger partial charge in [-0.15, -0.1) is 0 Å². The first-order valence-electron chi connectivity index (χ1n) is 3.76. The Morgan fingerprint density at radius 2 is 1.14 bits per heavy atom. The van der Waals surface area contributed by atoms with E-state index in [1.54, 1.807) is 6.92 Å². The minimum Gasteiger partial charge on any atom is -0.203 e. The van der Waals surface area contributed by atoms with E-state index in [0.29, 0.717) is 6.16 Å². The Balaban J connectivity index is 3.43. The fourth-order valence-electron chi connectivity index (χ4n) is 0.937. The first-order chi connectivity index (χ1) is 6.50. The highest BCUT2D eigenvalue weighted by molar-refractivity contribution is 7.47. The van der Waals surface area contributed by atoms with Crippen molar-refractivity contribution in [2.24, 2.45) is 0 Å². The van der Waals surface area contributed by atoms with Crippen LogP contribution < -0.4 is 5.30 Å². The van der Waals surface area contributed by atoms with Gasteiger partial charge in [-0.1, -0.05) is 15.5 Å². The molecular weight excluding hydrogens is 222 g/mol. The maximum atomic E-state index is 12.9. The smallest absolute Gasteiger partial charge is 0.200 e.